The summed E-state index contributed by atoms with van der Waals surface area (Å²) in [5, 5.41) is 3.97. The molecule has 1 spiro atoms. The molecule has 6 nitrogen and oxygen atoms in total. The first-order valence-corrected chi connectivity index (χ1v) is 10.1. The van der Waals surface area contributed by atoms with Crippen LogP contribution in [0.15, 0.2) is 35.1 Å². The van der Waals surface area contributed by atoms with Gasteiger partial charge in [0.05, 0.1) is 17.5 Å². The first-order chi connectivity index (χ1) is 12.7. The van der Waals surface area contributed by atoms with E-state index in [2.05, 4.69) is 10.1 Å². The van der Waals surface area contributed by atoms with Gasteiger partial charge in [0.25, 0.3) is 5.91 Å². The standard InChI is InChI=1S/C19H21N3O3S/c23-18(16-6-17(25-21-16)14-3-4-14)22-11-19(12-22)7-15(10-26-19)24-9-13-2-1-5-20-8-13/h1-2,5-6,8,14-15H,3-4,7,9-12H2/t15-/m1/s1. The van der Waals surface area contributed by atoms with Crippen LogP contribution >= 0.6 is 11.8 Å². The number of hydrogen-bond acceptors (Lipinski definition) is 6. The van der Waals surface area contributed by atoms with Gasteiger partial charge in [0.1, 0.15) is 5.76 Å². The maximum Gasteiger partial charge on any atom is 0.276 e. The van der Waals surface area contributed by atoms with Gasteiger partial charge in [0.15, 0.2) is 5.69 Å². The lowest BCUT2D eigenvalue weighted by molar-refractivity contribution is 0.0251. The summed E-state index contributed by atoms with van der Waals surface area (Å²) in [5.74, 6) is 2.32. The average molecular weight is 371 g/mol. The SMILES string of the molecule is O=C(c1cc(C2CC2)on1)N1CC2(C[C@@H](OCc3cccnc3)CS2)C1. The van der Waals surface area contributed by atoms with Gasteiger partial charge in [0, 0.05) is 43.2 Å². The predicted molar refractivity (Wildman–Crippen MR) is 97.0 cm³/mol. The second kappa shape index (κ2) is 6.39. The van der Waals surface area contributed by atoms with Gasteiger partial charge in [-0.15, -0.1) is 11.8 Å². The number of likely N-dealkylation sites (tertiary alicyclic amines) is 1. The van der Waals surface area contributed by atoms with Gasteiger partial charge in [0.2, 0.25) is 0 Å². The lowest BCUT2D eigenvalue weighted by Gasteiger charge is -2.47. The number of hydrogen-bond donors (Lipinski definition) is 0. The van der Waals surface area contributed by atoms with E-state index in [-0.39, 0.29) is 16.8 Å². The summed E-state index contributed by atoms with van der Waals surface area (Å²) in [7, 11) is 0. The molecule has 2 aromatic heterocycles. The van der Waals surface area contributed by atoms with Gasteiger partial charge in [-0.25, -0.2) is 0 Å². The molecule has 0 unspecified atom stereocenters. The highest BCUT2D eigenvalue weighted by atomic mass is 32.2. The summed E-state index contributed by atoms with van der Waals surface area (Å²) < 4.78 is 11.5. The molecule has 7 heteroatoms. The van der Waals surface area contributed by atoms with Crippen LogP contribution in [0.4, 0.5) is 0 Å². The van der Waals surface area contributed by atoms with Crippen LogP contribution in [0.1, 0.15) is 47.0 Å². The van der Waals surface area contributed by atoms with Crippen molar-refractivity contribution in [1.82, 2.24) is 15.0 Å². The maximum atomic E-state index is 12.6. The molecular weight excluding hydrogens is 350 g/mol. The van der Waals surface area contributed by atoms with Crippen molar-refractivity contribution in [2.24, 2.45) is 0 Å². The van der Waals surface area contributed by atoms with Crippen molar-refractivity contribution in [3.63, 3.8) is 0 Å². The van der Waals surface area contributed by atoms with E-state index in [1.807, 2.05) is 41.1 Å². The van der Waals surface area contributed by atoms with Gasteiger partial charge in [-0.3, -0.25) is 9.78 Å². The van der Waals surface area contributed by atoms with Crippen LogP contribution in [0.25, 0.3) is 0 Å². The first-order valence-electron chi connectivity index (χ1n) is 9.11. The third-order valence-electron chi connectivity index (χ3n) is 5.36. The van der Waals surface area contributed by atoms with E-state index in [0.717, 1.165) is 49.4 Å². The first kappa shape index (κ1) is 16.3. The van der Waals surface area contributed by atoms with Crippen molar-refractivity contribution in [1.29, 1.82) is 0 Å². The summed E-state index contributed by atoms with van der Waals surface area (Å²) in [6.45, 7) is 2.14. The molecule has 0 radical (unpaired) electrons. The normalized spacial score (nSPS) is 24.0. The molecule has 3 fully saturated rings. The van der Waals surface area contributed by atoms with Crippen molar-refractivity contribution in [3.8, 4) is 0 Å². The van der Waals surface area contributed by atoms with Crippen molar-refractivity contribution >= 4 is 17.7 Å². The lowest BCUT2D eigenvalue weighted by atomic mass is 9.92. The minimum atomic E-state index is -0.00777. The number of rotatable bonds is 5. The molecule has 2 aromatic rings. The molecule has 1 saturated carbocycles. The van der Waals surface area contributed by atoms with Gasteiger partial charge in [-0.05, 0) is 30.9 Å². The third-order valence-corrected chi connectivity index (χ3v) is 6.93. The molecule has 26 heavy (non-hydrogen) atoms. The quantitative estimate of drug-likeness (QED) is 0.805. The van der Waals surface area contributed by atoms with Gasteiger partial charge < -0.3 is 14.2 Å². The van der Waals surface area contributed by atoms with Crippen LogP contribution in [-0.4, -0.2) is 50.6 Å². The molecule has 3 aliphatic rings. The smallest absolute Gasteiger partial charge is 0.276 e. The number of nitrogens with zero attached hydrogens (tertiary/aromatic N) is 3. The van der Waals surface area contributed by atoms with Crippen LogP contribution in [-0.2, 0) is 11.3 Å². The Morgan fingerprint density at radius 1 is 1.42 bits per heavy atom. The van der Waals surface area contributed by atoms with E-state index in [0.29, 0.717) is 18.2 Å². The molecule has 1 atom stereocenters. The van der Waals surface area contributed by atoms with Crippen LogP contribution in [0.3, 0.4) is 0 Å². The summed E-state index contributed by atoms with van der Waals surface area (Å²) in [6, 6.07) is 5.78. The number of pyridine rings is 1. The van der Waals surface area contributed by atoms with Gasteiger partial charge >= 0.3 is 0 Å². The topological polar surface area (TPSA) is 68.5 Å². The number of carbonyl (C=O) groups is 1. The Kier molecular flexibility index (Phi) is 4.01. The molecule has 2 saturated heterocycles. The minimum absolute atomic E-state index is 0.00777. The maximum absolute atomic E-state index is 12.6. The number of amides is 1. The molecule has 5 rings (SSSR count). The zero-order chi connectivity index (χ0) is 17.6. The molecule has 1 aliphatic carbocycles. The van der Waals surface area contributed by atoms with Gasteiger partial charge in [-0.2, -0.15) is 0 Å². The fraction of sp³-hybridized carbons (Fsp3) is 0.526. The largest absolute Gasteiger partial charge is 0.373 e. The zero-order valence-corrected chi connectivity index (χ0v) is 15.3. The van der Waals surface area contributed by atoms with Crippen LogP contribution in [0.2, 0.25) is 0 Å². The molecule has 0 aromatic carbocycles. The molecule has 0 N–H and O–H groups in total. The molecule has 2 aliphatic heterocycles. The van der Waals surface area contributed by atoms with Crippen LogP contribution in [0.5, 0.6) is 0 Å². The Bertz CT molecular complexity index is 799. The minimum Gasteiger partial charge on any atom is -0.373 e. The van der Waals surface area contributed by atoms with Gasteiger partial charge in [-0.1, -0.05) is 11.2 Å². The Labute approximate surface area is 156 Å². The van der Waals surface area contributed by atoms with Crippen LogP contribution < -0.4 is 0 Å². The number of thioether (sulfide) groups is 1. The average Bonchev–Trinajstić information content (AvgIpc) is 3.20. The Balaban J connectivity index is 1.13. The van der Waals surface area contributed by atoms with E-state index < -0.39 is 0 Å². The number of carbonyl (C=O) groups excluding carboxylic acids is 1. The molecule has 4 heterocycles. The Morgan fingerprint density at radius 2 is 2.31 bits per heavy atom. The van der Waals surface area contributed by atoms with E-state index >= 15 is 0 Å². The highest BCUT2D eigenvalue weighted by Gasteiger charge is 2.51. The molecule has 0 bridgehead atoms. The summed E-state index contributed by atoms with van der Waals surface area (Å²) in [5.41, 5.74) is 1.55. The van der Waals surface area contributed by atoms with E-state index in [9.17, 15) is 4.79 Å². The second-order valence-electron chi connectivity index (χ2n) is 7.54. The number of aromatic nitrogens is 2. The zero-order valence-electron chi connectivity index (χ0n) is 14.5. The van der Waals surface area contributed by atoms with E-state index in [4.69, 9.17) is 9.26 Å². The summed E-state index contributed by atoms with van der Waals surface area (Å²) in [4.78, 5) is 18.6. The third kappa shape index (κ3) is 3.14. The van der Waals surface area contributed by atoms with Crippen molar-refractivity contribution in [2.75, 3.05) is 18.8 Å². The summed E-state index contributed by atoms with van der Waals surface area (Å²) in [6.07, 6.45) is 7.14. The lowest BCUT2D eigenvalue weighted by Crippen LogP contribution is -2.60. The molecule has 1 amide bonds. The predicted octanol–water partition coefficient (Wildman–Crippen LogP) is 2.86. The van der Waals surface area contributed by atoms with E-state index in [1.54, 1.807) is 6.20 Å². The van der Waals surface area contributed by atoms with Crippen molar-refractivity contribution in [2.45, 2.75) is 42.6 Å². The molecular formula is C19H21N3O3S. The van der Waals surface area contributed by atoms with Crippen LogP contribution in [0, 0.1) is 0 Å². The molecule has 136 valence electrons. The monoisotopic (exact) mass is 371 g/mol. The highest BCUT2D eigenvalue weighted by Crippen LogP contribution is 2.46. The Morgan fingerprint density at radius 3 is 3.08 bits per heavy atom. The van der Waals surface area contributed by atoms with Crippen molar-refractivity contribution in [3.05, 3.63) is 47.6 Å². The summed E-state index contributed by atoms with van der Waals surface area (Å²) >= 11 is 1.93. The Hall–Kier alpha value is -1.86. The highest BCUT2D eigenvalue weighted by molar-refractivity contribution is 8.01. The second-order valence-corrected chi connectivity index (χ2v) is 9.03. The fourth-order valence-corrected chi connectivity index (χ4v) is 5.28. The fourth-order valence-electron chi connectivity index (χ4n) is 3.73. The number of ether oxygens (including phenoxy) is 1. The van der Waals surface area contributed by atoms with E-state index in [1.165, 1.54) is 0 Å². The van der Waals surface area contributed by atoms with Crippen molar-refractivity contribution < 1.29 is 14.1 Å².